The monoisotopic (exact) mass is 234 g/mol. The minimum Gasteiger partial charge on any atom is -0.480 e. The van der Waals surface area contributed by atoms with E-state index in [2.05, 4.69) is 17.9 Å². The van der Waals surface area contributed by atoms with Crippen LogP contribution in [0.5, 0.6) is 0 Å². The summed E-state index contributed by atoms with van der Waals surface area (Å²) < 4.78 is 0. The summed E-state index contributed by atoms with van der Waals surface area (Å²) in [6, 6.07) is -1.69. The van der Waals surface area contributed by atoms with Crippen LogP contribution in [0.3, 0.4) is 0 Å². The van der Waals surface area contributed by atoms with Gasteiger partial charge < -0.3 is 21.0 Å². The molecule has 2 unspecified atom stereocenters. The minimum absolute atomic E-state index is 0.0147. The third kappa shape index (κ3) is 6.08. The second-order valence-corrected chi connectivity index (χ2v) is 3.34. The standard InChI is InChI=1S/C8H14N2O4S/c9-5(3-11)1-2-7(12)10-6(4-15)8(13)14/h3,5-6,15H,1-2,4,9H2,(H,10,12)(H,13,14). The number of amides is 1. The Morgan fingerprint density at radius 3 is 2.53 bits per heavy atom. The second-order valence-electron chi connectivity index (χ2n) is 2.98. The number of hydrogen-bond donors (Lipinski definition) is 4. The van der Waals surface area contributed by atoms with Gasteiger partial charge in [0, 0.05) is 12.2 Å². The normalized spacial score (nSPS) is 14.0. The number of carboxylic acid groups (broad SMARTS) is 1. The van der Waals surface area contributed by atoms with Gasteiger partial charge in [-0.3, -0.25) is 4.79 Å². The number of nitrogens with two attached hydrogens (primary N) is 1. The summed E-state index contributed by atoms with van der Waals surface area (Å²) in [5.74, 6) is -1.58. The fourth-order valence-corrected chi connectivity index (χ4v) is 1.07. The van der Waals surface area contributed by atoms with Crippen LogP contribution in [0.4, 0.5) is 0 Å². The fourth-order valence-electron chi connectivity index (χ4n) is 0.818. The van der Waals surface area contributed by atoms with Gasteiger partial charge in [0.25, 0.3) is 0 Å². The molecule has 86 valence electrons. The molecule has 0 saturated carbocycles. The summed E-state index contributed by atoms with van der Waals surface area (Å²) in [5.41, 5.74) is 5.26. The number of carbonyl (C=O) groups excluding carboxylic acids is 2. The van der Waals surface area contributed by atoms with Crippen molar-refractivity contribution >= 4 is 30.8 Å². The van der Waals surface area contributed by atoms with E-state index in [9.17, 15) is 14.4 Å². The lowest BCUT2D eigenvalue weighted by Crippen LogP contribution is -2.42. The summed E-state index contributed by atoms with van der Waals surface area (Å²) in [5, 5.41) is 10.9. The first-order valence-electron chi connectivity index (χ1n) is 4.35. The van der Waals surface area contributed by atoms with Gasteiger partial charge in [-0.05, 0) is 6.42 Å². The Labute approximate surface area is 92.6 Å². The molecule has 0 fully saturated rings. The third-order valence-corrected chi connectivity index (χ3v) is 2.06. The van der Waals surface area contributed by atoms with Gasteiger partial charge in [0.1, 0.15) is 12.3 Å². The molecular weight excluding hydrogens is 220 g/mol. The van der Waals surface area contributed by atoms with Crippen molar-refractivity contribution in [2.45, 2.75) is 24.9 Å². The Balaban J connectivity index is 3.91. The number of aliphatic carboxylic acids is 1. The van der Waals surface area contributed by atoms with Crippen molar-refractivity contribution in [2.75, 3.05) is 5.75 Å². The molecule has 0 saturated heterocycles. The molecule has 0 aromatic heterocycles. The van der Waals surface area contributed by atoms with Crippen LogP contribution in [0.2, 0.25) is 0 Å². The Morgan fingerprint density at radius 2 is 2.13 bits per heavy atom. The number of carbonyl (C=O) groups is 3. The molecule has 2 atom stereocenters. The molecule has 0 aromatic rings. The first kappa shape index (κ1) is 13.9. The zero-order chi connectivity index (χ0) is 11.8. The molecule has 0 aliphatic carbocycles. The van der Waals surface area contributed by atoms with E-state index in [0.29, 0.717) is 6.29 Å². The van der Waals surface area contributed by atoms with E-state index in [1.54, 1.807) is 0 Å². The molecule has 0 aliphatic heterocycles. The van der Waals surface area contributed by atoms with Gasteiger partial charge in [-0.15, -0.1) is 0 Å². The number of aldehydes is 1. The van der Waals surface area contributed by atoms with Crippen LogP contribution in [0.1, 0.15) is 12.8 Å². The van der Waals surface area contributed by atoms with Crippen LogP contribution in [0.25, 0.3) is 0 Å². The van der Waals surface area contributed by atoms with E-state index in [1.807, 2.05) is 0 Å². The van der Waals surface area contributed by atoms with E-state index < -0.39 is 24.0 Å². The topological polar surface area (TPSA) is 109 Å². The Bertz CT molecular complexity index is 247. The molecule has 0 heterocycles. The Hall–Kier alpha value is -1.08. The Kier molecular flexibility index (Phi) is 6.72. The van der Waals surface area contributed by atoms with E-state index in [-0.39, 0.29) is 18.6 Å². The first-order valence-corrected chi connectivity index (χ1v) is 4.98. The highest BCUT2D eigenvalue weighted by molar-refractivity contribution is 7.80. The van der Waals surface area contributed by atoms with Gasteiger partial charge in [0.15, 0.2) is 0 Å². The van der Waals surface area contributed by atoms with Crippen molar-refractivity contribution in [3.63, 3.8) is 0 Å². The third-order valence-electron chi connectivity index (χ3n) is 1.70. The average molecular weight is 234 g/mol. The lowest BCUT2D eigenvalue weighted by atomic mass is 10.2. The van der Waals surface area contributed by atoms with Crippen molar-refractivity contribution in [1.29, 1.82) is 0 Å². The summed E-state index contributed by atoms with van der Waals surface area (Å²) in [6.45, 7) is 0. The van der Waals surface area contributed by atoms with E-state index in [1.165, 1.54) is 0 Å². The van der Waals surface area contributed by atoms with Gasteiger partial charge >= 0.3 is 5.97 Å². The van der Waals surface area contributed by atoms with Crippen LogP contribution >= 0.6 is 12.6 Å². The summed E-state index contributed by atoms with van der Waals surface area (Å²) in [6.07, 6.45) is 0.770. The molecule has 15 heavy (non-hydrogen) atoms. The SMILES string of the molecule is NC(C=O)CCC(=O)NC(CS)C(=O)O. The van der Waals surface area contributed by atoms with E-state index >= 15 is 0 Å². The quantitative estimate of drug-likeness (QED) is 0.326. The zero-order valence-electron chi connectivity index (χ0n) is 8.05. The van der Waals surface area contributed by atoms with Crippen molar-refractivity contribution in [2.24, 2.45) is 5.73 Å². The van der Waals surface area contributed by atoms with Gasteiger partial charge in [-0.1, -0.05) is 0 Å². The summed E-state index contributed by atoms with van der Waals surface area (Å²) in [7, 11) is 0. The fraction of sp³-hybridized carbons (Fsp3) is 0.625. The van der Waals surface area contributed by atoms with E-state index in [4.69, 9.17) is 10.8 Å². The maximum Gasteiger partial charge on any atom is 0.327 e. The minimum atomic E-state index is -1.14. The molecule has 0 aliphatic rings. The predicted molar refractivity (Wildman–Crippen MR) is 56.7 cm³/mol. The van der Waals surface area contributed by atoms with Crippen LogP contribution in [0.15, 0.2) is 0 Å². The molecule has 0 rings (SSSR count). The number of carboxylic acids is 1. The molecule has 0 aromatic carbocycles. The maximum atomic E-state index is 11.2. The van der Waals surface area contributed by atoms with Crippen LogP contribution in [-0.2, 0) is 14.4 Å². The average Bonchev–Trinajstić information content (AvgIpc) is 2.21. The van der Waals surface area contributed by atoms with Gasteiger partial charge in [-0.25, -0.2) is 4.79 Å². The smallest absolute Gasteiger partial charge is 0.327 e. The number of nitrogens with one attached hydrogen (secondary N) is 1. The largest absolute Gasteiger partial charge is 0.480 e. The number of hydrogen-bond acceptors (Lipinski definition) is 5. The van der Waals surface area contributed by atoms with Crippen molar-refractivity contribution in [3.8, 4) is 0 Å². The molecule has 1 amide bonds. The Morgan fingerprint density at radius 1 is 1.53 bits per heavy atom. The number of thiol groups is 1. The van der Waals surface area contributed by atoms with E-state index in [0.717, 1.165) is 0 Å². The maximum absolute atomic E-state index is 11.2. The van der Waals surface area contributed by atoms with Gasteiger partial charge in [0.2, 0.25) is 5.91 Å². The van der Waals surface area contributed by atoms with Gasteiger partial charge in [-0.2, -0.15) is 12.6 Å². The molecule has 0 bridgehead atoms. The van der Waals surface area contributed by atoms with Crippen LogP contribution < -0.4 is 11.1 Å². The summed E-state index contributed by atoms with van der Waals surface area (Å²) >= 11 is 3.78. The molecule has 6 nitrogen and oxygen atoms in total. The van der Waals surface area contributed by atoms with Crippen molar-refractivity contribution < 1.29 is 19.5 Å². The van der Waals surface area contributed by atoms with Crippen LogP contribution in [-0.4, -0.2) is 41.1 Å². The highest BCUT2D eigenvalue weighted by Crippen LogP contribution is 1.95. The molecular formula is C8H14N2O4S. The lowest BCUT2D eigenvalue weighted by Gasteiger charge is -2.11. The van der Waals surface area contributed by atoms with Crippen LogP contribution in [0, 0.1) is 0 Å². The molecule has 0 spiro atoms. The number of rotatable bonds is 7. The molecule has 4 N–H and O–H groups in total. The summed E-state index contributed by atoms with van der Waals surface area (Å²) in [4.78, 5) is 31.8. The van der Waals surface area contributed by atoms with Crippen molar-refractivity contribution in [1.82, 2.24) is 5.32 Å². The first-order chi connectivity index (χ1) is 7.01. The highest BCUT2D eigenvalue weighted by atomic mass is 32.1. The van der Waals surface area contributed by atoms with Crippen molar-refractivity contribution in [3.05, 3.63) is 0 Å². The van der Waals surface area contributed by atoms with Gasteiger partial charge in [0.05, 0.1) is 6.04 Å². The molecule has 7 heteroatoms. The zero-order valence-corrected chi connectivity index (χ0v) is 8.94. The highest BCUT2D eigenvalue weighted by Gasteiger charge is 2.17. The second kappa shape index (κ2) is 7.24. The predicted octanol–water partition coefficient (Wildman–Crippen LogP) is -1.21. The lowest BCUT2D eigenvalue weighted by molar-refractivity contribution is -0.141. The molecule has 0 radical (unpaired) electrons.